The molecule has 1 amide bonds. The average molecular weight is 287 g/mol. The van der Waals surface area contributed by atoms with E-state index in [0.29, 0.717) is 6.04 Å². The minimum absolute atomic E-state index is 0.0994. The Bertz CT molecular complexity index is 506. The third-order valence-corrected chi connectivity index (χ3v) is 4.95. The van der Waals surface area contributed by atoms with Gasteiger partial charge in [-0.05, 0) is 55.4 Å². The van der Waals surface area contributed by atoms with Gasteiger partial charge in [-0.25, -0.2) is 0 Å². The zero-order valence-corrected chi connectivity index (χ0v) is 12.9. The molecule has 0 spiro atoms. The molecule has 1 saturated carbocycles. The number of nitrogens with zero attached hydrogens (tertiary/aromatic N) is 1. The summed E-state index contributed by atoms with van der Waals surface area (Å²) in [7, 11) is 1.92. The van der Waals surface area contributed by atoms with E-state index in [1.54, 1.807) is 0 Å². The zero-order valence-electron chi connectivity index (χ0n) is 12.9. The molecule has 0 unspecified atom stereocenters. The second kappa shape index (κ2) is 6.50. The number of benzene rings is 1. The van der Waals surface area contributed by atoms with Crippen LogP contribution in [0, 0.1) is 0 Å². The van der Waals surface area contributed by atoms with Crippen LogP contribution in [0.1, 0.15) is 49.7 Å². The van der Waals surface area contributed by atoms with Gasteiger partial charge in [-0.2, -0.15) is 0 Å². The van der Waals surface area contributed by atoms with Crippen LogP contribution in [-0.4, -0.2) is 30.5 Å². The lowest BCUT2D eigenvalue weighted by Crippen LogP contribution is -2.40. The summed E-state index contributed by atoms with van der Waals surface area (Å²) in [5.41, 5.74) is 2.83. The van der Waals surface area contributed by atoms with E-state index in [1.165, 1.54) is 43.2 Å². The fraction of sp³-hybridized carbons (Fsp3) is 0.611. The number of amides is 1. The molecule has 1 aromatic rings. The van der Waals surface area contributed by atoms with E-state index in [2.05, 4.69) is 12.1 Å². The molecule has 2 aliphatic rings. The van der Waals surface area contributed by atoms with Crippen molar-refractivity contribution in [1.82, 2.24) is 4.90 Å². The van der Waals surface area contributed by atoms with E-state index in [1.807, 2.05) is 18.0 Å². The van der Waals surface area contributed by atoms with Crippen LogP contribution in [0.3, 0.4) is 0 Å². The van der Waals surface area contributed by atoms with Crippen LogP contribution < -0.4 is 4.74 Å². The van der Waals surface area contributed by atoms with Gasteiger partial charge >= 0.3 is 0 Å². The largest absolute Gasteiger partial charge is 0.484 e. The van der Waals surface area contributed by atoms with Gasteiger partial charge in [-0.15, -0.1) is 0 Å². The van der Waals surface area contributed by atoms with Gasteiger partial charge in [0, 0.05) is 13.1 Å². The van der Waals surface area contributed by atoms with Gasteiger partial charge in [0.25, 0.3) is 5.91 Å². The van der Waals surface area contributed by atoms with Crippen LogP contribution in [0.4, 0.5) is 0 Å². The number of fused-ring (bicyclic) bond motifs is 1. The second-order valence-electron chi connectivity index (χ2n) is 6.37. The van der Waals surface area contributed by atoms with Gasteiger partial charge < -0.3 is 9.64 Å². The predicted octanol–water partition coefficient (Wildman–Crippen LogP) is 3.35. The summed E-state index contributed by atoms with van der Waals surface area (Å²) in [5.74, 6) is 0.934. The van der Waals surface area contributed by atoms with E-state index >= 15 is 0 Å². The van der Waals surface area contributed by atoms with Crippen molar-refractivity contribution < 1.29 is 9.53 Å². The van der Waals surface area contributed by atoms with Crippen molar-refractivity contribution in [3.8, 4) is 5.75 Å². The maximum Gasteiger partial charge on any atom is 0.260 e. The fourth-order valence-electron chi connectivity index (χ4n) is 3.56. The Hall–Kier alpha value is -1.51. The first-order chi connectivity index (χ1) is 10.2. The fourth-order valence-corrected chi connectivity index (χ4v) is 3.56. The van der Waals surface area contributed by atoms with Crippen molar-refractivity contribution in [1.29, 1.82) is 0 Å². The topological polar surface area (TPSA) is 29.5 Å². The Labute approximate surface area is 127 Å². The molecule has 0 aromatic heterocycles. The van der Waals surface area contributed by atoms with Crippen LogP contribution in [-0.2, 0) is 17.6 Å². The van der Waals surface area contributed by atoms with Crippen LogP contribution >= 0.6 is 0 Å². The summed E-state index contributed by atoms with van der Waals surface area (Å²) < 4.78 is 5.71. The quantitative estimate of drug-likeness (QED) is 0.850. The number of aryl methyl sites for hydroxylation is 2. The molecule has 0 bridgehead atoms. The molecule has 3 nitrogen and oxygen atoms in total. The molecule has 3 heteroatoms. The molecule has 0 heterocycles. The lowest BCUT2D eigenvalue weighted by atomic mass is 9.94. The minimum Gasteiger partial charge on any atom is -0.484 e. The van der Waals surface area contributed by atoms with Crippen LogP contribution in [0.5, 0.6) is 5.75 Å². The molecule has 0 aliphatic heterocycles. The summed E-state index contributed by atoms with van der Waals surface area (Å²) in [5, 5.41) is 0. The molecule has 3 rings (SSSR count). The van der Waals surface area contributed by atoms with Gasteiger partial charge in [0.2, 0.25) is 0 Å². The van der Waals surface area contributed by atoms with Crippen LogP contribution in [0.25, 0.3) is 0 Å². The highest BCUT2D eigenvalue weighted by Gasteiger charge is 2.22. The molecule has 21 heavy (non-hydrogen) atoms. The third-order valence-electron chi connectivity index (χ3n) is 4.95. The SMILES string of the molecule is CN(C(=O)COc1ccc2c(c1)CCC2)C1CCCCC1. The molecule has 114 valence electrons. The van der Waals surface area contributed by atoms with E-state index in [9.17, 15) is 4.79 Å². The molecule has 0 saturated heterocycles. The van der Waals surface area contributed by atoms with Gasteiger partial charge in [0.15, 0.2) is 6.61 Å². The van der Waals surface area contributed by atoms with Crippen molar-refractivity contribution >= 4 is 5.91 Å². The molecular formula is C18H25NO2. The highest BCUT2D eigenvalue weighted by Crippen LogP contribution is 2.26. The number of likely N-dealkylation sites (N-methyl/N-ethyl adjacent to an activating group) is 1. The molecule has 1 aromatic carbocycles. The second-order valence-corrected chi connectivity index (χ2v) is 6.37. The number of hydrogen-bond acceptors (Lipinski definition) is 2. The van der Waals surface area contributed by atoms with Crippen molar-refractivity contribution in [2.24, 2.45) is 0 Å². The highest BCUT2D eigenvalue weighted by atomic mass is 16.5. The van der Waals surface area contributed by atoms with E-state index in [4.69, 9.17) is 4.74 Å². The number of carbonyl (C=O) groups is 1. The summed E-state index contributed by atoms with van der Waals surface area (Å²) in [4.78, 5) is 14.1. The van der Waals surface area contributed by atoms with Crippen molar-refractivity contribution in [3.63, 3.8) is 0 Å². The number of ether oxygens (including phenoxy) is 1. The Morgan fingerprint density at radius 3 is 2.71 bits per heavy atom. The molecule has 0 N–H and O–H groups in total. The summed E-state index contributed by atoms with van der Waals surface area (Å²) in [6.07, 6.45) is 9.64. The van der Waals surface area contributed by atoms with Gasteiger partial charge in [0.05, 0.1) is 0 Å². The molecule has 0 radical (unpaired) electrons. The number of hydrogen-bond donors (Lipinski definition) is 0. The van der Waals surface area contributed by atoms with Crippen molar-refractivity contribution in [2.45, 2.75) is 57.4 Å². The van der Waals surface area contributed by atoms with Crippen molar-refractivity contribution in [2.75, 3.05) is 13.7 Å². The lowest BCUT2D eigenvalue weighted by molar-refractivity contribution is -0.134. The molecule has 1 fully saturated rings. The van der Waals surface area contributed by atoms with Gasteiger partial charge in [0.1, 0.15) is 5.75 Å². The Morgan fingerprint density at radius 1 is 1.14 bits per heavy atom. The first-order valence-corrected chi connectivity index (χ1v) is 8.24. The highest BCUT2D eigenvalue weighted by molar-refractivity contribution is 5.77. The lowest BCUT2D eigenvalue weighted by Gasteiger charge is -2.31. The van der Waals surface area contributed by atoms with E-state index in [0.717, 1.165) is 25.0 Å². The van der Waals surface area contributed by atoms with Gasteiger partial charge in [-0.1, -0.05) is 25.3 Å². The van der Waals surface area contributed by atoms with Crippen molar-refractivity contribution in [3.05, 3.63) is 29.3 Å². The Morgan fingerprint density at radius 2 is 1.90 bits per heavy atom. The van der Waals surface area contributed by atoms with Gasteiger partial charge in [-0.3, -0.25) is 4.79 Å². The molecular weight excluding hydrogens is 262 g/mol. The predicted molar refractivity (Wildman–Crippen MR) is 83.6 cm³/mol. The van der Waals surface area contributed by atoms with Crippen LogP contribution in [0.15, 0.2) is 18.2 Å². The minimum atomic E-state index is 0.0994. The summed E-state index contributed by atoms with van der Waals surface area (Å²) >= 11 is 0. The average Bonchev–Trinajstić information content (AvgIpc) is 3.00. The standard InChI is InChI=1S/C18H25NO2/c1-19(16-8-3-2-4-9-16)18(20)13-21-17-11-10-14-6-5-7-15(14)12-17/h10-12,16H,2-9,13H2,1H3. The Balaban J connectivity index is 1.53. The number of rotatable bonds is 4. The molecule has 0 atom stereocenters. The zero-order chi connectivity index (χ0) is 14.7. The maximum atomic E-state index is 12.3. The van der Waals surface area contributed by atoms with Crippen LogP contribution in [0.2, 0.25) is 0 Å². The van der Waals surface area contributed by atoms with E-state index in [-0.39, 0.29) is 12.5 Å². The maximum absolute atomic E-state index is 12.3. The number of carbonyl (C=O) groups excluding carboxylic acids is 1. The first-order valence-electron chi connectivity index (χ1n) is 8.24. The summed E-state index contributed by atoms with van der Waals surface area (Å²) in [6.45, 7) is 0.159. The van der Waals surface area contributed by atoms with E-state index < -0.39 is 0 Å². The normalized spacial score (nSPS) is 18.3. The first kappa shape index (κ1) is 14.4. The Kier molecular flexibility index (Phi) is 4.47. The summed E-state index contributed by atoms with van der Waals surface area (Å²) in [6, 6.07) is 6.66. The third kappa shape index (κ3) is 3.39. The smallest absolute Gasteiger partial charge is 0.260 e. The molecule has 2 aliphatic carbocycles. The monoisotopic (exact) mass is 287 g/mol.